The minimum Gasteiger partial charge on any atom is -0.313 e. The standard InChI is InChI=1S/C15H16F3N3/c1-19-14(5-4-11-3-2-7-20-9-11)12-10-21-8-6-13(12)15(16,17)18/h2-3,6-10,14,19H,4-5H2,1H3. The Kier molecular flexibility index (Phi) is 4.90. The fraction of sp³-hybridized carbons (Fsp3) is 0.333. The van der Waals surface area contributed by atoms with Crippen LogP contribution in [0.4, 0.5) is 13.2 Å². The van der Waals surface area contributed by atoms with Crippen LogP contribution in [-0.2, 0) is 12.6 Å². The second-order valence-electron chi connectivity index (χ2n) is 4.70. The van der Waals surface area contributed by atoms with Gasteiger partial charge in [0.15, 0.2) is 0 Å². The van der Waals surface area contributed by atoms with Gasteiger partial charge in [-0.2, -0.15) is 13.2 Å². The monoisotopic (exact) mass is 295 g/mol. The molecule has 0 spiro atoms. The molecule has 2 aromatic heterocycles. The molecule has 0 radical (unpaired) electrons. The number of hydrogen-bond acceptors (Lipinski definition) is 3. The van der Waals surface area contributed by atoms with E-state index in [2.05, 4.69) is 15.3 Å². The summed E-state index contributed by atoms with van der Waals surface area (Å²) in [7, 11) is 1.65. The highest BCUT2D eigenvalue weighted by atomic mass is 19.4. The third kappa shape index (κ3) is 4.01. The van der Waals surface area contributed by atoms with Crippen molar-refractivity contribution in [3.05, 3.63) is 59.7 Å². The molecule has 0 aliphatic rings. The summed E-state index contributed by atoms with van der Waals surface area (Å²) in [5.41, 5.74) is 0.537. The van der Waals surface area contributed by atoms with E-state index in [1.54, 1.807) is 19.4 Å². The normalized spacial score (nSPS) is 13.1. The third-order valence-corrected chi connectivity index (χ3v) is 3.33. The molecule has 0 aromatic carbocycles. The molecular formula is C15H16F3N3. The molecule has 0 aliphatic carbocycles. The number of nitrogens with one attached hydrogen (secondary N) is 1. The van der Waals surface area contributed by atoms with Crippen molar-refractivity contribution in [2.24, 2.45) is 0 Å². The molecule has 1 N–H and O–H groups in total. The van der Waals surface area contributed by atoms with E-state index in [-0.39, 0.29) is 5.56 Å². The Morgan fingerprint density at radius 2 is 1.90 bits per heavy atom. The largest absolute Gasteiger partial charge is 0.416 e. The average molecular weight is 295 g/mol. The van der Waals surface area contributed by atoms with E-state index in [1.165, 1.54) is 12.4 Å². The molecule has 1 atom stereocenters. The number of aryl methyl sites for hydroxylation is 1. The van der Waals surface area contributed by atoms with E-state index >= 15 is 0 Å². The predicted octanol–water partition coefficient (Wildman–Crippen LogP) is 3.39. The number of alkyl halides is 3. The molecule has 2 aromatic rings. The van der Waals surface area contributed by atoms with Crippen molar-refractivity contribution in [1.29, 1.82) is 0 Å². The van der Waals surface area contributed by atoms with Gasteiger partial charge in [-0.1, -0.05) is 6.07 Å². The Morgan fingerprint density at radius 3 is 2.52 bits per heavy atom. The minimum absolute atomic E-state index is 0.177. The molecule has 0 amide bonds. The summed E-state index contributed by atoms with van der Waals surface area (Å²) in [4.78, 5) is 7.84. The first kappa shape index (κ1) is 15.4. The molecule has 0 aliphatic heterocycles. The fourth-order valence-electron chi connectivity index (χ4n) is 2.25. The van der Waals surface area contributed by atoms with E-state index in [9.17, 15) is 13.2 Å². The zero-order valence-corrected chi connectivity index (χ0v) is 11.6. The number of aromatic nitrogens is 2. The van der Waals surface area contributed by atoms with Crippen molar-refractivity contribution >= 4 is 0 Å². The quantitative estimate of drug-likeness (QED) is 0.919. The Bertz CT molecular complexity index is 570. The van der Waals surface area contributed by atoms with Crippen LogP contribution in [0.25, 0.3) is 0 Å². The lowest BCUT2D eigenvalue weighted by Crippen LogP contribution is -2.22. The maximum absolute atomic E-state index is 13.0. The maximum atomic E-state index is 13.0. The number of nitrogens with zero attached hydrogens (tertiary/aromatic N) is 2. The highest BCUT2D eigenvalue weighted by molar-refractivity contribution is 5.29. The molecule has 1 unspecified atom stereocenters. The summed E-state index contributed by atoms with van der Waals surface area (Å²) in [6, 6.07) is 4.34. The smallest absolute Gasteiger partial charge is 0.313 e. The Labute approximate surface area is 121 Å². The Morgan fingerprint density at radius 1 is 1.14 bits per heavy atom. The second-order valence-corrected chi connectivity index (χ2v) is 4.70. The van der Waals surface area contributed by atoms with Gasteiger partial charge in [0.2, 0.25) is 0 Å². The van der Waals surface area contributed by atoms with Gasteiger partial charge < -0.3 is 5.32 Å². The van der Waals surface area contributed by atoms with Crippen LogP contribution in [0.15, 0.2) is 43.0 Å². The van der Waals surface area contributed by atoms with Gasteiger partial charge >= 0.3 is 6.18 Å². The van der Waals surface area contributed by atoms with Crippen LogP contribution in [0, 0.1) is 0 Å². The van der Waals surface area contributed by atoms with Crippen LogP contribution in [-0.4, -0.2) is 17.0 Å². The van der Waals surface area contributed by atoms with Crippen molar-refractivity contribution in [1.82, 2.24) is 15.3 Å². The maximum Gasteiger partial charge on any atom is 0.416 e. The van der Waals surface area contributed by atoms with Gasteiger partial charge in [-0.15, -0.1) is 0 Å². The highest BCUT2D eigenvalue weighted by Gasteiger charge is 2.34. The molecule has 21 heavy (non-hydrogen) atoms. The number of hydrogen-bond donors (Lipinski definition) is 1. The topological polar surface area (TPSA) is 37.8 Å². The summed E-state index contributed by atoms with van der Waals surface area (Å²) < 4.78 is 39.1. The molecular weight excluding hydrogens is 279 g/mol. The predicted molar refractivity (Wildman–Crippen MR) is 73.6 cm³/mol. The van der Waals surface area contributed by atoms with Crippen molar-refractivity contribution < 1.29 is 13.2 Å². The highest BCUT2D eigenvalue weighted by Crippen LogP contribution is 2.35. The molecule has 112 valence electrons. The minimum atomic E-state index is -4.37. The van der Waals surface area contributed by atoms with Crippen molar-refractivity contribution in [3.63, 3.8) is 0 Å². The van der Waals surface area contributed by atoms with Crippen LogP contribution in [0.1, 0.15) is 29.2 Å². The van der Waals surface area contributed by atoms with Crippen LogP contribution in [0.2, 0.25) is 0 Å². The third-order valence-electron chi connectivity index (χ3n) is 3.33. The molecule has 0 bridgehead atoms. The van der Waals surface area contributed by atoms with Gasteiger partial charge in [-0.05, 0) is 43.1 Å². The number of rotatable bonds is 5. The zero-order valence-electron chi connectivity index (χ0n) is 11.6. The number of halogens is 3. The number of pyridine rings is 2. The molecule has 0 saturated heterocycles. The van der Waals surface area contributed by atoms with E-state index in [0.717, 1.165) is 11.6 Å². The van der Waals surface area contributed by atoms with E-state index < -0.39 is 17.8 Å². The Hall–Kier alpha value is -1.95. The van der Waals surface area contributed by atoms with Crippen molar-refractivity contribution in [3.8, 4) is 0 Å². The molecule has 2 rings (SSSR count). The summed E-state index contributed by atoms with van der Waals surface area (Å²) in [5, 5.41) is 2.94. The lowest BCUT2D eigenvalue weighted by atomic mass is 9.97. The lowest BCUT2D eigenvalue weighted by molar-refractivity contribution is -0.138. The summed E-state index contributed by atoms with van der Waals surface area (Å²) in [6.07, 6.45) is 2.65. The first-order valence-corrected chi connectivity index (χ1v) is 6.59. The first-order valence-electron chi connectivity index (χ1n) is 6.59. The molecule has 2 heterocycles. The van der Waals surface area contributed by atoms with Gasteiger partial charge in [0.1, 0.15) is 0 Å². The van der Waals surface area contributed by atoms with Gasteiger partial charge in [-0.3, -0.25) is 9.97 Å². The van der Waals surface area contributed by atoms with Crippen LogP contribution in [0.5, 0.6) is 0 Å². The first-order chi connectivity index (χ1) is 10.0. The average Bonchev–Trinajstić information content (AvgIpc) is 2.48. The second kappa shape index (κ2) is 6.67. The van der Waals surface area contributed by atoms with Crippen LogP contribution < -0.4 is 5.32 Å². The Balaban J connectivity index is 2.18. The van der Waals surface area contributed by atoms with Gasteiger partial charge in [0, 0.05) is 30.8 Å². The van der Waals surface area contributed by atoms with Crippen LogP contribution >= 0.6 is 0 Å². The van der Waals surface area contributed by atoms with Crippen LogP contribution in [0.3, 0.4) is 0 Å². The molecule has 0 saturated carbocycles. The summed E-state index contributed by atoms with van der Waals surface area (Å²) in [6.45, 7) is 0. The van der Waals surface area contributed by atoms with Gasteiger partial charge in [0.05, 0.1) is 5.56 Å². The lowest BCUT2D eigenvalue weighted by Gasteiger charge is -2.20. The van der Waals surface area contributed by atoms with E-state index in [1.807, 2.05) is 12.1 Å². The van der Waals surface area contributed by atoms with Crippen molar-refractivity contribution in [2.45, 2.75) is 25.1 Å². The molecule has 0 fully saturated rings. The van der Waals surface area contributed by atoms with Crippen molar-refractivity contribution in [2.75, 3.05) is 7.05 Å². The van der Waals surface area contributed by atoms with E-state index in [4.69, 9.17) is 0 Å². The molecule has 3 nitrogen and oxygen atoms in total. The summed E-state index contributed by atoms with van der Waals surface area (Å²) in [5.74, 6) is 0. The van der Waals surface area contributed by atoms with E-state index in [0.29, 0.717) is 12.8 Å². The fourth-order valence-corrected chi connectivity index (χ4v) is 2.25. The molecule has 6 heteroatoms. The summed E-state index contributed by atoms with van der Waals surface area (Å²) >= 11 is 0. The van der Waals surface area contributed by atoms with Gasteiger partial charge in [0.25, 0.3) is 0 Å². The van der Waals surface area contributed by atoms with Gasteiger partial charge in [-0.25, -0.2) is 0 Å². The SMILES string of the molecule is CNC(CCc1cccnc1)c1cnccc1C(F)(F)F. The zero-order chi connectivity index (χ0) is 15.3.